The maximum absolute atomic E-state index is 12.2. The molecule has 0 unspecified atom stereocenters. The largest absolute Gasteiger partial charge is 0.504 e. The molecule has 1 aromatic carbocycles. The molecule has 1 aliphatic heterocycles. The Bertz CT molecular complexity index is 739. The minimum Gasteiger partial charge on any atom is -0.504 e. The second kappa shape index (κ2) is 9.07. The highest BCUT2D eigenvalue weighted by Crippen LogP contribution is 2.33. The lowest BCUT2D eigenvalue weighted by atomic mass is 9.80. The van der Waals surface area contributed by atoms with Crippen molar-refractivity contribution < 1.29 is 38.8 Å². The van der Waals surface area contributed by atoms with Crippen LogP contribution in [0.3, 0.4) is 0 Å². The smallest absolute Gasteiger partial charge is 0.337 e. The molecule has 146 valence electrons. The number of phenols is 2. The van der Waals surface area contributed by atoms with Gasteiger partial charge in [0.15, 0.2) is 11.5 Å². The summed E-state index contributed by atoms with van der Waals surface area (Å²) < 4.78 is 15.2. The number of hydrogen-bond acceptors (Lipinski definition) is 8. The highest BCUT2D eigenvalue weighted by Gasteiger charge is 2.39. The predicted molar refractivity (Wildman–Crippen MR) is 92.7 cm³/mol. The molecule has 2 N–H and O–H groups in total. The van der Waals surface area contributed by atoms with Crippen LogP contribution in [0.25, 0.3) is 0 Å². The molecule has 8 nitrogen and oxygen atoms in total. The number of carbonyl (C=O) groups excluding carboxylic acids is 3. The number of carbonyl (C=O) groups is 3. The van der Waals surface area contributed by atoms with Gasteiger partial charge < -0.3 is 29.2 Å². The van der Waals surface area contributed by atoms with Gasteiger partial charge in [0, 0.05) is 12.3 Å². The summed E-state index contributed by atoms with van der Waals surface area (Å²) in [5.41, 5.74) is 0.798. The first-order chi connectivity index (χ1) is 12.9. The summed E-state index contributed by atoms with van der Waals surface area (Å²) in [7, 11) is 1.21. The Labute approximate surface area is 156 Å². The zero-order valence-electron chi connectivity index (χ0n) is 15.1. The van der Waals surface area contributed by atoms with Gasteiger partial charge >= 0.3 is 11.9 Å². The number of aromatic hydroxyl groups is 2. The Hall–Kier alpha value is -3.03. The van der Waals surface area contributed by atoms with Crippen molar-refractivity contribution in [2.24, 2.45) is 11.8 Å². The maximum Gasteiger partial charge on any atom is 0.337 e. The van der Waals surface area contributed by atoms with Crippen LogP contribution in [-0.2, 0) is 35.0 Å². The SMILES string of the molecule is COC(=O)C1=CO[C@@H](C)[C@H](C=O)[C@@H]1CC(=O)OCCc1ccc(O)c(O)c1. The van der Waals surface area contributed by atoms with E-state index in [1.165, 1.54) is 25.5 Å². The van der Waals surface area contributed by atoms with Crippen LogP contribution >= 0.6 is 0 Å². The molecule has 0 aromatic heterocycles. The molecule has 0 amide bonds. The third-order valence-corrected chi connectivity index (χ3v) is 4.47. The fourth-order valence-corrected chi connectivity index (χ4v) is 2.91. The van der Waals surface area contributed by atoms with Gasteiger partial charge in [-0.15, -0.1) is 0 Å². The molecule has 0 radical (unpaired) electrons. The van der Waals surface area contributed by atoms with E-state index in [1.54, 1.807) is 13.0 Å². The number of hydrogen-bond donors (Lipinski definition) is 2. The Balaban J connectivity index is 1.97. The van der Waals surface area contributed by atoms with Crippen LogP contribution in [-0.4, -0.2) is 48.3 Å². The molecular weight excluding hydrogens is 356 g/mol. The number of methoxy groups -OCH3 is 1. The lowest BCUT2D eigenvalue weighted by Gasteiger charge is -2.32. The van der Waals surface area contributed by atoms with Crippen molar-refractivity contribution in [3.63, 3.8) is 0 Å². The first-order valence-corrected chi connectivity index (χ1v) is 8.43. The van der Waals surface area contributed by atoms with Gasteiger partial charge in [0.05, 0.1) is 37.9 Å². The normalized spacial score (nSPS) is 21.6. The van der Waals surface area contributed by atoms with Crippen molar-refractivity contribution in [2.45, 2.75) is 25.9 Å². The molecular formula is C19H22O8. The Kier molecular flexibility index (Phi) is 6.81. The Morgan fingerprint density at radius 1 is 1.26 bits per heavy atom. The second-order valence-corrected chi connectivity index (χ2v) is 6.22. The summed E-state index contributed by atoms with van der Waals surface area (Å²) in [4.78, 5) is 35.5. The van der Waals surface area contributed by atoms with Crippen LogP contribution in [0.4, 0.5) is 0 Å². The molecule has 0 bridgehead atoms. The minimum atomic E-state index is -0.691. The van der Waals surface area contributed by atoms with Gasteiger partial charge in [0.2, 0.25) is 0 Å². The van der Waals surface area contributed by atoms with E-state index in [0.717, 1.165) is 0 Å². The van der Waals surface area contributed by atoms with E-state index in [2.05, 4.69) is 0 Å². The Morgan fingerprint density at radius 2 is 2.00 bits per heavy atom. The van der Waals surface area contributed by atoms with Crippen molar-refractivity contribution in [1.82, 2.24) is 0 Å². The summed E-state index contributed by atoms with van der Waals surface area (Å²) in [6, 6.07) is 4.32. The fourth-order valence-electron chi connectivity index (χ4n) is 2.91. The molecule has 3 atom stereocenters. The Morgan fingerprint density at radius 3 is 2.63 bits per heavy atom. The number of aldehydes is 1. The number of esters is 2. The number of ether oxygens (including phenoxy) is 3. The van der Waals surface area contributed by atoms with Crippen molar-refractivity contribution >= 4 is 18.2 Å². The van der Waals surface area contributed by atoms with Crippen molar-refractivity contribution in [1.29, 1.82) is 0 Å². The molecule has 0 saturated carbocycles. The second-order valence-electron chi connectivity index (χ2n) is 6.22. The van der Waals surface area contributed by atoms with Crippen LogP contribution in [0.5, 0.6) is 11.5 Å². The summed E-state index contributed by atoms with van der Waals surface area (Å²) in [5, 5.41) is 18.7. The highest BCUT2D eigenvalue weighted by atomic mass is 16.5. The molecule has 1 aromatic rings. The fraction of sp³-hybridized carbons (Fsp3) is 0.421. The zero-order valence-corrected chi connectivity index (χ0v) is 15.1. The topological polar surface area (TPSA) is 119 Å². The number of benzene rings is 1. The van der Waals surface area contributed by atoms with E-state index >= 15 is 0 Å². The van der Waals surface area contributed by atoms with Crippen LogP contribution in [0.2, 0.25) is 0 Å². The summed E-state index contributed by atoms with van der Waals surface area (Å²) >= 11 is 0. The average molecular weight is 378 g/mol. The van der Waals surface area contributed by atoms with Crippen LogP contribution in [0.1, 0.15) is 18.9 Å². The standard InChI is InChI=1S/C19H22O8/c1-11-14(9-20)13(15(10-27-11)19(24)25-2)8-18(23)26-6-5-12-3-4-16(21)17(22)7-12/h3-4,7,9-11,13-14,21-22H,5-6,8H2,1-2H3/t11-,13-,14-/m0/s1. The minimum absolute atomic E-state index is 0.0465. The predicted octanol–water partition coefficient (Wildman–Crippen LogP) is 1.48. The molecule has 27 heavy (non-hydrogen) atoms. The van der Waals surface area contributed by atoms with Crippen molar-refractivity contribution in [3.05, 3.63) is 35.6 Å². The average Bonchev–Trinajstić information content (AvgIpc) is 2.64. The molecule has 1 aliphatic rings. The van der Waals surface area contributed by atoms with Gasteiger partial charge in [0.1, 0.15) is 12.4 Å². The highest BCUT2D eigenvalue weighted by molar-refractivity contribution is 5.90. The third-order valence-electron chi connectivity index (χ3n) is 4.47. The van der Waals surface area contributed by atoms with E-state index < -0.39 is 29.9 Å². The van der Waals surface area contributed by atoms with Gasteiger partial charge in [-0.25, -0.2) is 4.79 Å². The zero-order chi connectivity index (χ0) is 20.0. The molecule has 0 fully saturated rings. The summed E-state index contributed by atoms with van der Waals surface area (Å²) in [6.45, 7) is 1.73. The maximum atomic E-state index is 12.2. The van der Waals surface area contributed by atoms with Gasteiger partial charge in [-0.1, -0.05) is 6.07 Å². The molecule has 1 heterocycles. The van der Waals surface area contributed by atoms with E-state index in [4.69, 9.17) is 14.2 Å². The van der Waals surface area contributed by atoms with Crippen molar-refractivity contribution in [2.75, 3.05) is 13.7 Å². The molecule has 0 aliphatic carbocycles. The van der Waals surface area contributed by atoms with Gasteiger partial charge in [-0.2, -0.15) is 0 Å². The van der Waals surface area contributed by atoms with Crippen LogP contribution in [0.15, 0.2) is 30.0 Å². The number of phenolic OH excluding ortho intramolecular Hbond substituents is 2. The lowest BCUT2D eigenvalue weighted by Crippen LogP contribution is -2.37. The van der Waals surface area contributed by atoms with Crippen LogP contribution in [0, 0.1) is 11.8 Å². The molecule has 0 saturated heterocycles. The quantitative estimate of drug-likeness (QED) is 0.416. The first kappa shape index (κ1) is 20.3. The monoisotopic (exact) mass is 378 g/mol. The molecule has 2 rings (SSSR count). The molecule has 8 heteroatoms. The van der Waals surface area contributed by atoms with Gasteiger partial charge in [0.25, 0.3) is 0 Å². The van der Waals surface area contributed by atoms with E-state index in [-0.39, 0.29) is 30.1 Å². The van der Waals surface area contributed by atoms with Crippen molar-refractivity contribution in [3.8, 4) is 11.5 Å². The van der Waals surface area contributed by atoms with E-state index in [1.807, 2.05) is 0 Å². The summed E-state index contributed by atoms with van der Waals surface area (Å²) in [5.74, 6) is -3.08. The van der Waals surface area contributed by atoms with E-state index in [0.29, 0.717) is 18.3 Å². The summed E-state index contributed by atoms with van der Waals surface area (Å²) in [6.07, 6.45) is 1.58. The first-order valence-electron chi connectivity index (χ1n) is 8.43. The third kappa shape index (κ3) is 4.99. The number of rotatable bonds is 7. The van der Waals surface area contributed by atoms with Gasteiger partial charge in [-0.05, 0) is 24.6 Å². The van der Waals surface area contributed by atoms with Crippen LogP contribution < -0.4 is 0 Å². The van der Waals surface area contributed by atoms with Gasteiger partial charge in [-0.3, -0.25) is 4.79 Å². The lowest BCUT2D eigenvalue weighted by molar-refractivity contribution is -0.146. The molecule has 0 spiro atoms. The van der Waals surface area contributed by atoms with E-state index in [9.17, 15) is 24.6 Å².